The van der Waals surface area contributed by atoms with Gasteiger partial charge in [-0.2, -0.15) is 0 Å². The molecule has 1 N–H and O–H groups in total. The van der Waals surface area contributed by atoms with Crippen molar-refractivity contribution in [1.82, 2.24) is 5.32 Å². The second kappa shape index (κ2) is 6.29. The highest BCUT2D eigenvalue weighted by Crippen LogP contribution is 2.34. The Balaban J connectivity index is 2.36. The fourth-order valence-electron chi connectivity index (χ4n) is 2.23. The van der Waals surface area contributed by atoms with Gasteiger partial charge in [-0.15, -0.1) is 0 Å². The molecular weight excluding hydrogens is 326 g/mol. The predicted octanol–water partition coefficient (Wildman–Crippen LogP) is 5.16. The van der Waals surface area contributed by atoms with E-state index in [9.17, 15) is 0 Å². The Hall–Kier alpha value is -0.510. The maximum Gasteiger partial charge on any atom is 0.153 e. The van der Waals surface area contributed by atoms with Gasteiger partial charge >= 0.3 is 0 Å². The van der Waals surface area contributed by atoms with E-state index in [1.165, 1.54) is 5.56 Å². The van der Waals surface area contributed by atoms with E-state index in [0.29, 0.717) is 10.9 Å². The minimum Gasteiger partial charge on any atom is -0.458 e. The lowest BCUT2D eigenvalue weighted by Crippen LogP contribution is -2.19. The SMILES string of the molecule is CCc1c(CNCC(C)C)oc2c(Cl)cc(Br)cc12. The van der Waals surface area contributed by atoms with Crippen molar-refractivity contribution in [3.8, 4) is 0 Å². The van der Waals surface area contributed by atoms with Gasteiger partial charge in [-0.05, 0) is 31.0 Å². The Morgan fingerprint density at radius 2 is 2.11 bits per heavy atom. The number of benzene rings is 1. The van der Waals surface area contributed by atoms with Crippen LogP contribution in [-0.4, -0.2) is 6.54 Å². The van der Waals surface area contributed by atoms with Crippen molar-refractivity contribution in [2.24, 2.45) is 5.92 Å². The molecule has 2 aromatic rings. The summed E-state index contributed by atoms with van der Waals surface area (Å²) in [4.78, 5) is 0. The lowest BCUT2D eigenvalue weighted by Gasteiger charge is -2.06. The lowest BCUT2D eigenvalue weighted by molar-refractivity contribution is 0.481. The monoisotopic (exact) mass is 343 g/mol. The smallest absolute Gasteiger partial charge is 0.153 e. The number of halogens is 2. The quantitative estimate of drug-likeness (QED) is 0.810. The third-order valence-electron chi connectivity index (χ3n) is 3.09. The van der Waals surface area contributed by atoms with Crippen LogP contribution in [0.4, 0.5) is 0 Å². The number of aryl methyl sites for hydroxylation is 1. The van der Waals surface area contributed by atoms with Crippen LogP contribution in [0.1, 0.15) is 32.1 Å². The van der Waals surface area contributed by atoms with Crippen LogP contribution >= 0.6 is 27.5 Å². The van der Waals surface area contributed by atoms with Gasteiger partial charge in [-0.3, -0.25) is 0 Å². The van der Waals surface area contributed by atoms with Crippen molar-refractivity contribution in [3.05, 3.63) is 33.0 Å². The van der Waals surface area contributed by atoms with Gasteiger partial charge in [0.15, 0.2) is 5.58 Å². The third kappa shape index (κ3) is 3.33. The van der Waals surface area contributed by atoms with E-state index in [4.69, 9.17) is 16.0 Å². The molecular formula is C15H19BrClNO. The van der Waals surface area contributed by atoms with E-state index in [2.05, 4.69) is 48.1 Å². The van der Waals surface area contributed by atoms with Crippen LogP contribution in [0.3, 0.4) is 0 Å². The summed E-state index contributed by atoms with van der Waals surface area (Å²) in [6.07, 6.45) is 0.943. The first kappa shape index (κ1) is 14.9. The first-order chi connectivity index (χ1) is 9.02. The Kier molecular flexibility index (Phi) is 4.93. The van der Waals surface area contributed by atoms with Crippen LogP contribution in [0, 0.1) is 5.92 Å². The van der Waals surface area contributed by atoms with Crippen molar-refractivity contribution in [3.63, 3.8) is 0 Å². The predicted molar refractivity (Wildman–Crippen MR) is 84.8 cm³/mol. The van der Waals surface area contributed by atoms with Gasteiger partial charge in [0.2, 0.25) is 0 Å². The normalized spacial score (nSPS) is 11.7. The molecule has 2 rings (SSSR count). The van der Waals surface area contributed by atoms with Crippen LogP contribution in [0.2, 0.25) is 5.02 Å². The molecule has 0 fully saturated rings. The average molecular weight is 345 g/mol. The second-order valence-electron chi connectivity index (χ2n) is 5.15. The van der Waals surface area contributed by atoms with Crippen molar-refractivity contribution in [1.29, 1.82) is 0 Å². The summed E-state index contributed by atoms with van der Waals surface area (Å²) in [5.74, 6) is 1.63. The Bertz CT molecular complexity index is 577. The Labute approximate surface area is 127 Å². The number of fused-ring (bicyclic) bond motifs is 1. The van der Waals surface area contributed by atoms with E-state index >= 15 is 0 Å². The lowest BCUT2D eigenvalue weighted by atomic mass is 10.1. The maximum atomic E-state index is 6.24. The molecule has 0 aliphatic carbocycles. The molecule has 0 aliphatic rings. The largest absolute Gasteiger partial charge is 0.458 e. The number of rotatable bonds is 5. The molecule has 1 aromatic heterocycles. The Morgan fingerprint density at radius 3 is 2.74 bits per heavy atom. The molecule has 0 atom stereocenters. The summed E-state index contributed by atoms with van der Waals surface area (Å²) in [6, 6.07) is 3.95. The molecule has 1 heterocycles. The summed E-state index contributed by atoms with van der Waals surface area (Å²) < 4.78 is 6.93. The highest BCUT2D eigenvalue weighted by molar-refractivity contribution is 9.10. The van der Waals surface area contributed by atoms with Crippen LogP contribution in [0.15, 0.2) is 21.0 Å². The molecule has 0 saturated heterocycles. The second-order valence-corrected chi connectivity index (χ2v) is 6.47. The minimum absolute atomic E-state index is 0.632. The average Bonchev–Trinajstić information content (AvgIpc) is 2.66. The number of hydrogen-bond donors (Lipinski definition) is 1. The number of nitrogens with one attached hydrogen (secondary N) is 1. The van der Waals surface area contributed by atoms with Crippen molar-refractivity contribution < 1.29 is 4.42 Å². The van der Waals surface area contributed by atoms with Gasteiger partial charge in [0, 0.05) is 15.4 Å². The number of furan rings is 1. The van der Waals surface area contributed by atoms with Gasteiger partial charge < -0.3 is 9.73 Å². The van der Waals surface area contributed by atoms with Gasteiger partial charge in [0.1, 0.15) is 5.76 Å². The molecule has 0 unspecified atom stereocenters. The zero-order chi connectivity index (χ0) is 14.0. The van der Waals surface area contributed by atoms with Crippen LogP contribution in [0.25, 0.3) is 11.0 Å². The van der Waals surface area contributed by atoms with Crippen LogP contribution in [0.5, 0.6) is 0 Å². The molecule has 0 aliphatic heterocycles. The summed E-state index contributed by atoms with van der Waals surface area (Å²) >= 11 is 9.73. The van der Waals surface area contributed by atoms with Crippen molar-refractivity contribution in [2.75, 3.05) is 6.54 Å². The Morgan fingerprint density at radius 1 is 1.37 bits per heavy atom. The van der Waals surface area contributed by atoms with E-state index < -0.39 is 0 Å². The van der Waals surface area contributed by atoms with Crippen molar-refractivity contribution >= 4 is 38.5 Å². The zero-order valence-corrected chi connectivity index (χ0v) is 13.9. The molecule has 104 valence electrons. The molecule has 0 radical (unpaired) electrons. The first-order valence-corrected chi connectivity index (χ1v) is 7.80. The minimum atomic E-state index is 0.632. The molecule has 0 spiro atoms. The zero-order valence-electron chi connectivity index (χ0n) is 11.5. The van der Waals surface area contributed by atoms with Gasteiger partial charge in [0.05, 0.1) is 11.6 Å². The van der Waals surface area contributed by atoms with Crippen molar-refractivity contribution in [2.45, 2.75) is 33.7 Å². The molecule has 2 nitrogen and oxygen atoms in total. The van der Waals surface area contributed by atoms with Crippen LogP contribution in [-0.2, 0) is 13.0 Å². The molecule has 0 bridgehead atoms. The third-order valence-corrected chi connectivity index (χ3v) is 3.83. The summed E-state index contributed by atoms with van der Waals surface area (Å²) in [6.45, 7) is 8.27. The first-order valence-electron chi connectivity index (χ1n) is 6.63. The highest BCUT2D eigenvalue weighted by Gasteiger charge is 2.15. The van der Waals surface area contributed by atoms with E-state index in [-0.39, 0.29) is 0 Å². The van der Waals surface area contributed by atoms with Gasteiger partial charge in [-0.25, -0.2) is 0 Å². The fraction of sp³-hybridized carbons (Fsp3) is 0.467. The maximum absolute atomic E-state index is 6.24. The van der Waals surface area contributed by atoms with Gasteiger partial charge in [-0.1, -0.05) is 48.3 Å². The molecule has 4 heteroatoms. The highest BCUT2D eigenvalue weighted by atomic mass is 79.9. The van der Waals surface area contributed by atoms with E-state index in [1.54, 1.807) is 0 Å². The van der Waals surface area contributed by atoms with E-state index in [1.807, 2.05) is 6.07 Å². The topological polar surface area (TPSA) is 25.2 Å². The molecule has 1 aromatic carbocycles. The summed E-state index contributed by atoms with van der Waals surface area (Å²) in [7, 11) is 0. The number of hydrogen-bond acceptors (Lipinski definition) is 2. The van der Waals surface area contributed by atoms with E-state index in [0.717, 1.165) is 40.7 Å². The standard InChI is InChI=1S/C15H19BrClNO/c1-4-11-12-5-10(16)6-13(17)15(12)19-14(11)8-18-7-9(2)3/h5-6,9,18H,4,7-8H2,1-3H3. The van der Waals surface area contributed by atoms with Crippen LogP contribution < -0.4 is 5.32 Å². The molecule has 0 saturated carbocycles. The van der Waals surface area contributed by atoms with Gasteiger partial charge in [0.25, 0.3) is 0 Å². The summed E-state index contributed by atoms with van der Waals surface area (Å²) in [5, 5.41) is 5.20. The summed E-state index contributed by atoms with van der Waals surface area (Å²) in [5.41, 5.74) is 2.04. The molecule has 0 amide bonds. The fourth-order valence-corrected chi connectivity index (χ4v) is 3.08. The molecule has 19 heavy (non-hydrogen) atoms.